The molecule has 2 heterocycles. The zero-order valence-corrected chi connectivity index (χ0v) is 17.0. The number of nitrogens with zero attached hydrogens (tertiary/aromatic N) is 4. The normalized spacial score (nSPS) is 15.0. The van der Waals surface area contributed by atoms with Crippen LogP contribution in [0.15, 0.2) is 34.4 Å². The summed E-state index contributed by atoms with van der Waals surface area (Å²) in [7, 11) is -3.80. The number of hydrogen-bond donors (Lipinski definition) is 3. The van der Waals surface area contributed by atoms with Gasteiger partial charge in [-0.25, -0.2) is 8.42 Å². The molecule has 0 radical (unpaired) electrons. The van der Waals surface area contributed by atoms with E-state index in [1.165, 1.54) is 28.8 Å². The van der Waals surface area contributed by atoms with Crippen LogP contribution in [0.2, 0.25) is 0 Å². The monoisotopic (exact) mass is 435 g/mol. The molecule has 0 bridgehead atoms. The zero-order chi connectivity index (χ0) is 21.9. The van der Waals surface area contributed by atoms with Crippen LogP contribution in [0.3, 0.4) is 0 Å². The van der Waals surface area contributed by atoms with Crippen molar-refractivity contribution >= 4 is 27.6 Å². The molecule has 160 valence electrons. The molecule has 30 heavy (non-hydrogen) atoms. The maximum absolute atomic E-state index is 12.7. The van der Waals surface area contributed by atoms with Crippen LogP contribution in [-0.2, 0) is 16.6 Å². The van der Waals surface area contributed by atoms with Crippen LogP contribution in [0, 0.1) is 17.0 Å². The Morgan fingerprint density at radius 3 is 2.70 bits per heavy atom. The second kappa shape index (κ2) is 8.73. The van der Waals surface area contributed by atoms with E-state index in [1.54, 1.807) is 6.92 Å². The maximum Gasteiger partial charge on any atom is 0.295 e. The van der Waals surface area contributed by atoms with Gasteiger partial charge in [-0.1, -0.05) is 0 Å². The SMILES string of the molecule is Cc1ncc(CO)c(C=NNc2ccc(S(=O)(=O)N3CCCC3)cc2[N+](=O)[O-])c1O. The summed E-state index contributed by atoms with van der Waals surface area (Å²) in [6.45, 7) is 1.97. The fourth-order valence-corrected chi connectivity index (χ4v) is 4.62. The number of hydrazone groups is 1. The molecule has 1 aromatic carbocycles. The molecule has 2 aromatic rings. The van der Waals surface area contributed by atoms with Crippen LogP contribution in [-0.4, -0.2) is 52.1 Å². The summed E-state index contributed by atoms with van der Waals surface area (Å²) in [5.74, 6) is -0.173. The Kier molecular flexibility index (Phi) is 6.29. The van der Waals surface area contributed by atoms with Gasteiger partial charge in [0.2, 0.25) is 10.0 Å². The number of aromatic hydroxyl groups is 1. The molecular weight excluding hydrogens is 414 g/mol. The number of benzene rings is 1. The number of pyridine rings is 1. The predicted molar refractivity (Wildman–Crippen MR) is 109 cm³/mol. The number of nitrogens with one attached hydrogen (secondary N) is 1. The van der Waals surface area contributed by atoms with Gasteiger partial charge >= 0.3 is 0 Å². The molecule has 1 saturated heterocycles. The van der Waals surface area contributed by atoms with E-state index in [9.17, 15) is 28.7 Å². The maximum atomic E-state index is 12.7. The van der Waals surface area contributed by atoms with E-state index in [-0.39, 0.29) is 28.5 Å². The van der Waals surface area contributed by atoms with E-state index in [0.29, 0.717) is 24.3 Å². The summed E-state index contributed by atoms with van der Waals surface area (Å²) < 4.78 is 26.6. The Morgan fingerprint density at radius 2 is 2.07 bits per heavy atom. The molecular formula is C18H21N5O6S. The quantitative estimate of drug-likeness (QED) is 0.337. The highest BCUT2D eigenvalue weighted by Crippen LogP contribution is 2.30. The van der Waals surface area contributed by atoms with Crippen LogP contribution in [0.5, 0.6) is 5.75 Å². The average molecular weight is 435 g/mol. The van der Waals surface area contributed by atoms with E-state index < -0.39 is 20.6 Å². The van der Waals surface area contributed by atoms with Crippen LogP contribution in [0.4, 0.5) is 11.4 Å². The molecule has 11 nitrogen and oxygen atoms in total. The lowest BCUT2D eigenvalue weighted by molar-refractivity contribution is -0.384. The number of aliphatic hydroxyl groups is 1. The third-order valence-electron chi connectivity index (χ3n) is 4.78. The van der Waals surface area contributed by atoms with Crippen molar-refractivity contribution in [2.75, 3.05) is 18.5 Å². The van der Waals surface area contributed by atoms with Crippen LogP contribution in [0.25, 0.3) is 0 Å². The molecule has 0 aliphatic carbocycles. The van der Waals surface area contributed by atoms with Crippen molar-refractivity contribution in [3.05, 3.63) is 51.3 Å². The first-order valence-corrected chi connectivity index (χ1v) is 10.6. The standard InChI is InChI=1S/C18H21N5O6S/c1-12-18(25)15(13(11-24)9-19-12)10-20-21-16-5-4-14(8-17(16)23(26)27)30(28,29)22-6-2-3-7-22/h4-5,8-10,21,24-25H,2-3,6-7,11H2,1H3. The molecule has 12 heteroatoms. The molecule has 1 aromatic heterocycles. The van der Waals surface area contributed by atoms with Gasteiger partial charge in [0.1, 0.15) is 11.4 Å². The van der Waals surface area contributed by atoms with Gasteiger partial charge in [-0.15, -0.1) is 0 Å². The number of anilines is 1. The van der Waals surface area contributed by atoms with Crippen molar-refractivity contribution in [1.82, 2.24) is 9.29 Å². The molecule has 0 amide bonds. The van der Waals surface area contributed by atoms with Crippen molar-refractivity contribution in [3.8, 4) is 5.75 Å². The van der Waals surface area contributed by atoms with Gasteiger partial charge in [0.05, 0.1) is 28.3 Å². The first-order valence-electron chi connectivity index (χ1n) is 9.11. The number of nitro groups is 1. The molecule has 3 N–H and O–H groups in total. The molecule has 0 saturated carbocycles. The average Bonchev–Trinajstić information content (AvgIpc) is 3.27. The molecule has 0 spiro atoms. The summed E-state index contributed by atoms with van der Waals surface area (Å²) in [6.07, 6.45) is 4.10. The third-order valence-corrected chi connectivity index (χ3v) is 6.67. The lowest BCUT2D eigenvalue weighted by Gasteiger charge is -2.15. The number of hydrogen-bond acceptors (Lipinski definition) is 9. The Morgan fingerprint density at radius 1 is 1.37 bits per heavy atom. The fraction of sp³-hybridized carbons (Fsp3) is 0.333. The van der Waals surface area contributed by atoms with Crippen LogP contribution in [0.1, 0.15) is 29.7 Å². The Balaban J connectivity index is 1.90. The summed E-state index contributed by atoms with van der Waals surface area (Å²) >= 11 is 0. The van der Waals surface area contributed by atoms with Gasteiger partial charge in [-0.05, 0) is 31.9 Å². The molecule has 1 aliphatic rings. The van der Waals surface area contributed by atoms with Crippen LogP contribution >= 0.6 is 0 Å². The van der Waals surface area contributed by atoms with Gasteiger partial charge in [-0.3, -0.25) is 20.5 Å². The van der Waals surface area contributed by atoms with E-state index in [1.807, 2.05) is 0 Å². The molecule has 1 aliphatic heterocycles. The number of aryl methyl sites for hydroxylation is 1. The summed E-state index contributed by atoms with van der Waals surface area (Å²) in [5.41, 5.74) is 2.89. The third kappa shape index (κ3) is 4.25. The first kappa shape index (κ1) is 21.6. The Hall–Kier alpha value is -3.09. The zero-order valence-electron chi connectivity index (χ0n) is 16.1. The van der Waals surface area contributed by atoms with E-state index in [4.69, 9.17) is 0 Å². The minimum absolute atomic E-state index is 0.0209. The van der Waals surface area contributed by atoms with Gasteiger partial charge in [0, 0.05) is 36.5 Å². The number of aromatic nitrogens is 1. The molecule has 3 rings (SSSR count). The Bertz CT molecular complexity index is 1100. The van der Waals surface area contributed by atoms with Crippen molar-refractivity contribution < 1.29 is 23.6 Å². The second-order valence-corrected chi connectivity index (χ2v) is 8.64. The molecule has 0 atom stereocenters. The summed E-state index contributed by atoms with van der Waals surface area (Å²) in [4.78, 5) is 14.6. The number of nitro benzene ring substituents is 1. The van der Waals surface area contributed by atoms with E-state index in [2.05, 4.69) is 15.5 Å². The molecule has 1 fully saturated rings. The molecule has 0 unspecified atom stereocenters. The topological polar surface area (TPSA) is 158 Å². The van der Waals surface area contributed by atoms with E-state index in [0.717, 1.165) is 18.9 Å². The van der Waals surface area contributed by atoms with Gasteiger partial charge in [-0.2, -0.15) is 9.41 Å². The fourth-order valence-electron chi connectivity index (χ4n) is 3.08. The van der Waals surface area contributed by atoms with E-state index >= 15 is 0 Å². The van der Waals surface area contributed by atoms with Crippen molar-refractivity contribution in [2.45, 2.75) is 31.3 Å². The highest BCUT2D eigenvalue weighted by atomic mass is 32.2. The number of rotatable bonds is 7. The van der Waals surface area contributed by atoms with Gasteiger partial charge in [0.15, 0.2) is 0 Å². The number of aliphatic hydroxyl groups excluding tert-OH is 1. The highest BCUT2D eigenvalue weighted by molar-refractivity contribution is 7.89. The minimum Gasteiger partial charge on any atom is -0.505 e. The highest BCUT2D eigenvalue weighted by Gasteiger charge is 2.29. The predicted octanol–water partition coefficient (Wildman–Crippen LogP) is 1.73. The second-order valence-electron chi connectivity index (χ2n) is 6.71. The lowest BCUT2D eigenvalue weighted by atomic mass is 10.1. The summed E-state index contributed by atoms with van der Waals surface area (Å²) in [5, 5.41) is 34.9. The van der Waals surface area contributed by atoms with Crippen molar-refractivity contribution in [1.29, 1.82) is 0 Å². The largest absolute Gasteiger partial charge is 0.505 e. The van der Waals surface area contributed by atoms with Crippen LogP contribution < -0.4 is 5.43 Å². The first-order chi connectivity index (χ1) is 14.3. The lowest BCUT2D eigenvalue weighted by Crippen LogP contribution is -2.27. The minimum atomic E-state index is -3.80. The van der Waals surface area contributed by atoms with Crippen molar-refractivity contribution in [2.24, 2.45) is 5.10 Å². The van der Waals surface area contributed by atoms with Gasteiger partial charge in [0.25, 0.3) is 5.69 Å². The Labute approximate surface area is 172 Å². The smallest absolute Gasteiger partial charge is 0.295 e. The van der Waals surface area contributed by atoms with Gasteiger partial charge < -0.3 is 10.2 Å². The van der Waals surface area contributed by atoms with Crippen molar-refractivity contribution in [3.63, 3.8) is 0 Å². The number of sulfonamides is 1. The summed E-state index contributed by atoms with van der Waals surface area (Å²) in [6, 6.07) is 3.55.